The summed E-state index contributed by atoms with van der Waals surface area (Å²) in [4.78, 5) is 18.3. The molecule has 4 rings (SSSR count). The molecule has 0 radical (unpaired) electrons. The van der Waals surface area contributed by atoms with Crippen molar-refractivity contribution in [2.45, 2.75) is 52.9 Å². The van der Waals surface area contributed by atoms with Gasteiger partial charge in [-0.15, -0.1) is 5.10 Å². The largest absolute Gasteiger partial charge is 0.383 e. The molecule has 9 heteroatoms. The zero-order valence-electron chi connectivity index (χ0n) is 20.6. The van der Waals surface area contributed by atoms with Crippen LogP contribution in [0.5, 0.6) is 0 Å². The molecule has 0 saturated carbocycles. The Balaban J connectivity index is 1.73. The number of methoxy groups -OCH3 is 1. The van der Waals surface area contributed by atoms with Crippen molar-refractivity contribution >= 4 is 10.9 Å². The highest BCUT2D eigenvalue weighted by Crippen LogP contribution is 2.27. The zero-order valence-corrected chi connectivity index (χ0v) is 20.6. The Morgan fingerprint density at radius 3 is 2.57 bits per heavy atom. The molecule has 2 heterocycles. The van der Waals surface area contributed by atoms with Gasteiger partial charge >= 0.3 is 0 Å². The summed E-state index contributed by atoms with van der Waals surface area (Å²) in [5, 5.41) is 13.3. The number of benzene rings is 2. The molecule has 35 heavy (non-hydrogen) atoms. The maximum Gasteiger partial charge on any atom is 0.252 e. The highest BCUT2D eigenvalue weighted by molar-refractivity contribution is 5.80. The average Bonchev–Trinajstić information content (AvgIpc) is 3.29. The Labute approximate surface area is 203 Å². The van der Waals surface area contributed by atoms with Crippen LogP contribution in [-0.4, -0.2) is 43.8 Å². The first-order valence-electron chi connectivity index (χ1n) is 11.8. The third kappa shape index (κ3) is 5.63. The van der Waals surface area contributed by atoms with Crippen LogP contribution in [0.2, 0.25) is 0 Å². The van der Waals surface area contributed by atoms with Crippen LogP contribution in [0.3, 0.4) is 0 Å². The molecule has 0 unspecified atom stereocenters. The number of hydrogen-bond donors (Lipinski definition) is 1. The van der Waals surface area contributed by atoms with Crippen molar-refractivity contribution in [3.63, 3.8) is 0 Å². The third-order valence-corrected chi connectivity index (χ3v) is 6.40. The summed E-state index contributed by atoms with van der Waals surface area (Å²) in [6.07, 6.45) is 0.721. The van der Waals surface area contributed by atoms with Crippen molar-refractivity contribution in [2.75, 3.05) is 13.7 Å². The van der Waals surface area contributed by atoms with Crippen LogP contribution < -0.4 is 5.56 Å². The standard InChI is InChI=1S/C26H31FN6O2/c1-5-24(25-29-30-31-33(25)10-11-35-4)32(15-19-6-8-22(27)9-7-19)16-21-14-20-12-17(2)18(3)13-23(20)28-26(21)34/h6-9,12-14,24H,5,10-11,15-16H2,1-4H3,(H,28,34)/t24-/m1/s1. The van der Waals surface area contributed by atoms with Crippen LogP contribution in [0.25, 0.3) is 10.9 Å². The van der Waals surface area contributed by atoms with Gasteiger partial charge in [0.2, 0.25) is 0 Å². The number of nitrogens with one attached hydrogen (secondary N) is 1. The van der Waals surface area contributed by atoms with Gasteiger partial charge in [-0.05, 0) is 83.1 Å². The zero-order chi connectivity index (χ0) is 24.9. The van der Waals surface area contributed by atoms with Gasteiger partial charge in [-0.25, -0.2) is 9.07 Å². The molecule has 0 aliphatic rings. The normalized spacial score (nSPS) is 12.5. The van der Waals surface area contributed by atoms with Crippen LogP contribution in [-0.2, 0) is 24.4 Å². The number of fused-ring (bicyclic) bond motifs is 1. The second-order valence-electron chi connectivity index (χ2n) is 8.86. The predicted octanol–water partition coefficient (Wildman–Crippen LogP) is 4.07. The lowest BCUT2D eigenvalue weighted by Gasteiger charge is -2.30. The molecule has 184 valence electrons. The molecule has 0 aliphatic heterocycles. The molecule has 0 aliphatic carbocycles. The van der Waals surface area contributed by atoms with Crippen molar-refractivity contribution in [3.05, 3.63) is 86.7 Å². The van der Waals surface area contributed by atoms with Gasteiger partial charge < -0.3 is 9.72 Å². The van der Waals surface area contributed by atoms with Crippen molar-refractivity contribution in [3.8, 4) is 0 Å². The third-order valence-electron chi connectivity index (χ3n) is 6.40. The highest BCUT2D eigenvalue weighted by Gasteiger charge is 2.26. The lowest BCUT2D eigenvalue weighted by molar-refractivity contribution is 0.151. The van der Waals surface area contributed by atoms with Crippen LogP contribution in [0.15, 0.2) is 47.3 Å². The minimum absolute atomic E-state index is 0.126. The number of pyridine rings is 1. The second-order valence-corrected chi connectivity index (χ2v) is 8.86. The number of aryl methyl sites for hydroxylation is 2. The fourth-order valence-electron chi connectivity index (χ4n) is 4.35. The number of halogens is 1. The summed E-state index contributed by atoms with van der Waals surface area (Å²) >= 11 is 0. The minimum Gasteiger partial charge on any atom is -0.383 e. The molecule has 0 bridgehead atoms. The first kappa shape index (κ1) is 24.7. The Morgan fingerprint density at radius 1 is 1.11 bits per heavy atom. The lowest BCUT2D eigenvalue weighted by atomic mass is 10.0. The van der Waals surface area contributed by atoms with Gasteiger partial charge in [0.05, 0.1) is 19.2 Å². The predicted molar refractivity (Wildman–Crippen MR) is 132 cm³/mol. The van der Waals surface area contributed by atoms with E-state index >= 15 is 0 Å². The monoisotopic (exact) mass is 478 g/mol. The molecule has 0 saturated heterocycles. The topological polar surface area (TPSA) is 88.9 Å². The van der Waals surface area contributed by atoms with Gasteiger partial charge in [0.15, 0.2) is 5.82 Å². The highest BCUT2D eigenvalue weighted by atomic mass is 19.1. The number of aromatic amines is 1. The van der Waals surface area contributed by atoms with Gasteiger partial charge in [0.1, 0.15) is 5.82 Å². The minimum atomic E-state index is -0.285. The first-order chi connectivity index (χ1) is 16.9. The molecule has 0 fully saturated rings. The van der Waals surface area contributed by atoms with Crippen molar-refractivity contribution in [1.29, 1.82) is 0 Å². The maximum atomic E-state index is 13.6. The number of hydrogen-bond acceptors (Lipinski definition) is 6. The Hall–Kier alpha value is -3.43. The van der Waals surface area contributed by atoms with Gasteiger partial charge in [0.25, 0.3) is 5.56 Å². The maximum absolute atomic E-state index is 13.6. The average molecular weight is 479 g/mol. The number of ether oxygens (including phenoxy) is 1. The quantitative estimate of drug-likeness (QED) is 0.370. The van der Waals surface area contributed by atoms with Gasteiger partial charge in [0, 0.05) is 31.3 Å². The van der Waals surface area contributed by atoms with Gasteiger partial charge in [-0.1, -0.05) is 19.1 Å². The van der Waals surface area contributed by atoms with Crippen LogP contribution in [0, 0.1) is 19.7 Å². The summed E-state index contributed by atoms with van der Waals surface area (Å²) < 4.78 is 20.5. The Kier molecular flexibility index (Phi) is 7.67. The molecule has 8 nitrogen and oxygen atoms in total. The Bertz CT molecular complexity index is 1350. The molecule has 0 amide bonds. The smallest absolute Gasteiger partial charge is 0.252 e. The fraction of sp³-hybridized carbons (Fsp3) is 0.385. The molecule has 4 aromatic rings. The number of rotatable bonds is 10. The van der Waals surface area contributed by atoms with Crippen molar-refractivity contribution in [2.24, 2.45) is 0 Å². The van der Waals surface area contributed by atoms with E-state index in [-0.39, 0.29) is 17.4 Å². The van der Waals surface area contributed by atoms with Crippen LogP contribution in [0.4, 0.5) is 4.39 Å². The van der Waals surface area contributed by atoms with E-state index < -0.39 is 0 Å². The van der Waals surface area contributed by atoms with Crippen molar-refractivity contribution in [1.82, 2.24) is 30.1 Å². The second kappa shape index (κ2) is 10.9. The van der Waals surface area contributed by atoms with E-state index in [0.29, 0.717) is 37.6 Å². The number of H-pyrrole nitrogens is 1. The van der Waals surface area contributed by atoms with E-state index in [9.17, 15) is 9.18 Å². The molecular weight excluding hydrogens is 447 g/mol. The molecule has 2 aromatic carbocycles. The van der Waals surface area contributed by atoms with Crippen LogP contribution >= 0.6 is 0 Å². The van der Waals surface area contributed by atoms with E-state index in [2.05, 4.69) is 45.3 Å². The van der Waals surface area contributed by atoms with Gasteiger partial charge in [-0.3, -0.25) is 9.69 Å². The summed E-state index contributed by atoms with van der Waals surface area (Å²) in [7, 11) is 1.64. The summed E-state index contributed by atoms with van der Waals surface area (Å²) in [5.41, 5.74) is 4.58. The van der Waals surface area contributed by atoms with Gasteiger partial charge in [-0.2, -0.15) is 0 Å². The van der Waals surface area contributed by atoms with E-state index in [1.165, 1.54) is 17.7 Å². The molecule has 1 atom stereocenters. The fourth-order valence-corrected chi connectivity index (χ4v) is 4.35. The van der Waals surface area contributed by atoms with E-state index in [1.807, 2.05) is 19.1 Å². The lowest BCUT2D eigenvalue weighted by Crippen LogP contribution is -2.32. The molecule has 0 spiro atoms. The molecular formula is C26H31FN6O2. The molecule has 1 N–H and O–H groups in total. The summed E-state index contributed by atoms with van der Waals surface area (Å²) in [5.74, 6) is 0.419. The number of tetrazole rings is 1. The van der Waals surface area contributed by atoms with E-state index in [1.54, 1.807) is 23.9 Å². The van der Waals surface area contributed by atoms with E-state index in [0.717, 1.165) is 28.5 Å². The first-order valence-corrected chi connectivity index (χ1v) is 11.8. The summed E-state index contributed by atoms with van der Waals surface area (Å²) in [6, 6.07) is 12.3. The Morgan fingerprint density at radius 2 is 1.86 bits per heavy atom. The SMILES string of the molecule is CC[C@H](c1nnnn1CCOC)N(Cc1ccc(F)cc1)Cc1cc2cc(C)c(C)cc2[nH]c1=O. The number of aromatic nitrogens is 5. The van der Waals surface area contributed by atoms with Crippen molar-refractivity contribution < 1.29 is 9.13 Å². The van der Waals surface area contributed by atoms with Crippen LogP contribution in [0.1, 0.15) is 47.5 Å². The van der Waals surface area contributed by atoms with E-state index in [4.69, 9.17) is 4.74 Å². The summed E-state index contributed by atoms with van der Waals surface area (Å²) in [6.45, 7) is 8.04. The number of nitrogens with zero attached hydrogens (tertiary/aromatic N) is 5. The molecule has 2 aromatic heterocycles.